The molecular formula is C32H26N4O4. The molecule has 0 bridgehead atoms. The van der Waals surface area contributed by atoms with Crippen LogP contribution in [0.25, 0.3) is 22.3 Å². The largest absolute Gasteiger partial charge is 0.423 e. The fourth-order valence-corrected chi connectivity index (χ4v) is 4.26. The van der Waals surface area contributed by atoms with Gasteiger partial charge in [0.05, 0.1) is 11.1 Å². The first kappa shape index (κ1) is 25.9. The first-order valence-electron chi connectivity index (χ1n) is 12.3. The van der Waals surface area contributed by atoms with Crippen molar-refractivity contribution in [2.45, 2.75) is 0 Å². The van der Waals surface area contributed by atoms with Crippen LogP contribution in [0.1, 0.15) is 20.7 Å². The van der Waals surface area contributed by atoms with Gasteiger partial charge in [-0.2, -0.15) is 0 Å². The molecule has 8 nitrogen and oxygen atoms in total. The van der Waals surface area contributed by atoms with Crippen LogP contribution in [-0.4, -0.2) is 11.9 Å². The average Bonchev–Trinajstić information content (AvgIpc) is 2.94. The summed E-state index contributed by atoms with van der Waals surface area (Å²) in [5.41, 5.74) is 30.1. The minimum absolute atomic E-state index is 0.251. The standard InChI is InChI=1S/C32H26N4O4/c33-27-7-3-1-5-23(27)25-15-13-21(17-29(25)35)39-31(37)19-9-11-20(12-10-19)32(38)40-22-14-16-26(30(36)18-22)24-6-2-4-8-28(24)34/h1-18H,33-36H2. The summed E-state index contributed by atoms with van der Waals surface area (Å²) in [4.78, 5) is 25.4. The summed E-state index contributed by atoms with van der Waals surface area (Å²) < 4.78 is 11.0. The fourth-order valence-electron chi connectivity index (χ4n) is 4.26. The van der Waals surface area contributed by atoms with E-state index in [1.807, 2.05) is 36.4 Å². The lowest BCUT2D eigenvalue weighted by Crippen LogP contribution is -2.11. The molecule has 0 unspecified atom stereocenters. The zero-order chi connectivity index (χ0) is 28.2. The molecule has 0 heterocycles. The Morgan fingerprint density at radius 2 is 0.775 bits per heavy atom. The van der Waals surface area contributed by atoms with Crippen LogP contribution in [0.3, 0.4) is 0 Å². The maximum Gasteiger partial charge on any atom is 0.343 e. The SMILES string of the molecule is Nc1ccccc1-c1ccc(OC(=O)c2ccc(C(=O)Oc3ccc(-c4ccccc4N)c(N)c3)cc2)cc1N. The van der Waals surface area contributed by atoms with Crippen molar-refractivity contribution in [1.82, 2.24) is 0 Å². The smallest absolute Gasteiger partial charge is 0.343 e. The Labute approximate surface area is 230 Å². The van der Waals surface area contributed by atoms with Gasteiger partial charge in [0.1, 0.15) is 11.5 Å². The van der Waals surface area contributed by atoms with Crippen molar-refractivity contribution < 1.29 is 19.1 Å². The number of esters is 2. The summed E-state index contributed by atoms with van der Waals surface area (Å²) in [7, 11) is 0. The van der Waals surface area contributed by atoms with Crippen LogP contribution < -0.4 is 32.4 Å². The number of hydrogen-bond donors (Lipinski definition) is 4. The number of ether oxygens (including phenoxy) is 2. The molecule has 8 N–H and O–H groups in total. The number of hydrogen-bond acceptors (Lipinski definition) is 8. The third kappa shape index (κ3) is 5.41. The van der Waals surface area contributed by atoms with Gasteiger partial charge >= 0.3 is 11.9 Å². The average molecular weight is 531 g/mol. The van der Waals surface area contributed by atoms with E-state index < -0.39 is 11.9 Å². The van der Waals surface area contributed by atoms with E-state index in [2.05, 4.69) is 0 Å². The zero-order valence-corrected chi connectivity index (χ0v) is 21.3. The molecule has 0 radical (unpaired) electrons. The summed E-state index contributed by atoms with van der Waals surface area (Å²) in [6, 6.07) is 30.6. The lowest BCUT2D eigenvalue weighted by atomic mass is 10.0. The molecule has 8 heteroatoms. The van der Waals surface area contributed by atoms with E-state index in [-0.39, 0.29) is 22.6 Å². The van der Waals surface area contributed by atoms with Crippen LogP contribution in [-0.2, 0) is 0 Å². The van der Waals surface area contributed by atoms with Crippen molar-refractivity contribution in [3.8, 4) is 33.8 Å². The van der Waals surface area contributed by atoms with Crippen LogP contribution in [0.15, 0.2) is 109 Å². The summed E-state index contributed by atoms with van der Waals surface area (Å²) in [5.74, 6) is -0.644. The molecule has 198 valence electrons. The molecule has 0 aliphatic carbocycles. The summed E-state index contributed by atoms with van der Waals surface area (Å²) in [5, 5.41) is 0. The Hall–Kier alpha value is -5.76. The molecule has 40 heavy (non-hydrogen) atoms. The first-order valence-corrected chi connectivity index (χ1v) is 12.3. The normalized spacial score (nSPS) is 10.6. The first-order chi connectivity index (χ1) is 19.3. The molecule has 0 aliphatic rings. The number of anilines is 4. The Bertz CT molecular complexity index is 1600. The number of rotatable bonds is 6. The van der Waals surface area contributed by atoms with Crippen molar-refractivity contribution in [3.63, 3.8) is 0 Å². The molecule has 0 atom stereocenters. The van der Waals surface area contributed by atoms with Crippen molar-refractivity contribution in [1.29, 1.82) is 0 Å². The van der Waals surface area contributed by atoms with Gasteiger partial charge in [0.2, 0.25) is 0 Å². The van der Waals surface area contributed by atoms with Gasteiger partial charge in [-0.05, 0) is 60.7 Å². The second kappa shape index (κ2) is 10.9. The maximum absolute atomic E-state index is 12.7. The minimum atomic E-state index is -0.602. The van der Waals surface area contributed by atoms with Gasteiger partial charge in [-0.3, -0.25) is 0 Å². The predicted octanol–water partition coefficient (Wildman–Crippen LogP) is 5.79. The highest BCUT2D eigenvalue weighted by atomic mass is 16.5. The second-order valence-electron chi connectivity index (χ2n) is 9.03. The van der Waals surface area contributed by atoms with Crippen LogP contribution in [0.2, 0.25) is 0 Å². The molecule has 5 aromatic carbocycles. The van der Waals surface area contributed by atoms with Crippen LogP contribution in [0, 0.1) is 0 Å². The Morgan fingerprint density at radius 1 is 0.425 bits per heavy atom. The lowest BCUT2D eigenvalue weighted by Gasteiger charge is -2.12. The summed E-state index contributed by atoms with van der Waals surface area (Å²) >= 11 is 0. The van der Waals surface area contributed by atoms with Crippen LogP contribution in [0.5, 0.6) is 11.5 Å². The van der Waals surface area contributed by atoms with Gasteiger partial charge < -0.3 is 32.4 Å². The number of para-hydroxylation sites is 2. The van der Waals surface area contributed by atoms with Crippen molar-refractivity contribution in [2.24, 2.45) is 0 Å². The monoisotopic (exact) mass is 530 g/mol. The summed E-state index contributed by atoms with van der Waals surface area (Å²) in [6.45, 7) is 0. The summed E-state index contributed by atoms with van der Waals surface area (Å²) in [6.07, 6.45) is 0. The van der Waals surface area contributed by atoms with Crippen molar-refractivity contribution in [2.75, 3.05) is 22.9 Å². The molecule has 0 aromatic heterocycles. The van der Waals surface area contributed by atoms with Crippen molar-refractivity contribution in [3.05, 3.63) is 120 Å². The van der Waals surface area contributed by atoms with Gasteiger partial charge in [0.15, 0.2) is 0 Å². The third-order valence-corrected chi connectivity index (χ3v) is 6.33. The minimum Gasteiger partial charge on any atom is -0.423 e. The highest BCUT2D eigenvalue weighted by molar-refractivity contribution is 5.95. The number of nitrogens with two attached hydrogens (primary N) is 4. The third-order valence-electron chi connectivity index (χ3n) is 6.33. The molecule has 5 rings (SSSR count). The number of carbonyl (C=O) groups is 2. The van der Waals surface area contributed by atoms with Gasteiger partial charge in [0, 0.05) is 57.1 Å². The quantitative estimate of drug-likeness (QED) is 0.122. The van der Waals surface area contributed by atoms with Crippen LogP contribution in [0.4, 0.5) is 22.7 Å². The molecule has 0 saturated carbocycles. The van der Waals surface area contributed by atoms with E-state index in [4.69, 9.17) is 32.4 Å². The van der Waals surface area contributed by atoms with E-state index in [0.717, 1.165) is 22.3 Å². The van der Waals surface area contributed by atoms with E-state index in [1.165, 1.54) is 24.3 Å². The molecular weight excluding hydrogens is 504 g/mol. The van der Waals surface area contributed by atoms with Gasteiger partial charge in [-0.25, -0.2) is 9.59 Å². The van der Waals surface area contributed by atoms with Gasteiger partial charge in [0.25, 0.3) is 0 Å². The molecule has 0 saturated heterocycles. The number of carbonyl (C=O) groups excluding carboxylic acids is 2. The molecule has 0 amide bonds. The Balaban J connectivity index is 1.24. The van der Waals surface area contributed by atoms with E-state index in [1.54, 1.807) is 48.5 Å². The molecule has 0 aliphatic heterocycles. The number of benzene rings is 5. The van der Waals surface area contributed by atoms with Crippen molar-refractivity contribution >= 4 is 34.7 Å². The zero-order valence-electron chi connectivity index (χ0n) is 21.3. The molecule has 0 fully saturated rings. The fraction of sp³-hybridized carbons (Fsp3) is 0. The van der Waals surface area contributed by atoms with Gasteiger partial charge in [-0.1, -0.05) is 36.4 Å². The molecule has 0 spiro atoms. The molecule has 5 aromatic rings. The maximum atomic E-state index is 12.7. The van der Waals surface area contributed by atoms with E-state index >= 15 is 0 Å². The highest BCUT2D eigenvalue weighted by Gasteiger charge is 2.15. The van der Waals surface area contributed by atoms with Crippen LogP contribution >= 0.6 is 0 Å². The predicted molar refractivity (Wildman–Crippen MR) is 158 cm³/mol. The number of nitrogen functional groups attached to an aromatic ring is 4. The highest BCUT2D eigenvalue weighted by Crippen LogP contribution is 2.34. The van der Waals surface area contributed by atoms with Gasteiger partial charge in [-0.15, -0.1) is 0 Å². The Morgan fingerprint density at radius 3 is 1.12 bits per heavy atom. The van der Waals surface area contributed by atoms with E-state index in [0.29, 0.717) is 22.7 Å². The Kier molecular flexibility index (Phi) is 7.07. The van der Waals surface area contributed by atoms with E-state index in [9.17, 15) is 9.59 Å². The second-order valence-corrected chi connectivity index (χ2v) is 9.03. The topological polar surface area (TPSA) is 157 Å². The lowest BCUT2D eigenvalue weighted by molar-refractivity contribution is 0.0720.